The number of rotatable bonds is 6. The summed E-state index contributed by atoms with van der Waals surface area (Å²) >= 11 is 2.66. The van der Waals surface area contributed by atoms with Gasteiger partial charge in [-0.1, -0.05) is 6.07 Å². The van der Waals surface area contributed by atoms with Crippen molar-refractivity contribution in [1.82, 2.24) is 9.88 Å². The summed E-state index contributed by atoms with van der Waals surface area (Å²) in [6.45, 7) is 0.177. The molecule has 0 fully saturated rings. The van der Waals surface area contributed by atoms with Gasteiger partial charge in [0.15, 0.2) is 0 Å². The fourth-order valence-electron chi connectivity index (χ4n) is 2.29. The molecule has 0 saturated carbocycles. The Morgan fingerprint density at radius 2 is 1.96 bits per heavy atom. The molecule has 0 radical (unpaired) electrons. The third-order valence-corrected chi connectivity index (χ3v) is 5.26. The molecule has 0 aromatic carbocycles. The van der Waals surface area contributed by atoms with Gasteiger partial charge in [0, 0.05) is 23.0 Å². The first-order chi connectivity index (χ1) is 11.2. The Morgan fingerprint density at radius 1 is 1.17 bits per heavy atom. The van der Waals surface area contributed by atoms with Crippen molar-refractivity contribution in [2.75, 3.05) is 12.4 Å². The van der Waals surface area contributed by atoms with E-state index in [0.717, 1.165) is 10.4 Å². The minimum absolute atomic E-state index is 0.0439. The molecule has 118 valence electrons. The monoisotopic (exact) mass is 346 g/mol. The van der Waals surface area contributed by atoms with Gasteiger partial charge in [0.05, 0.1) is 23.6 Å². The largest absolute Gasteiger partial charge is 0.396 e. The lowest BCUT2D eigenvalue weighted by atomic mass is 10.2. The molecule has 1 aliphatic rings. The zero-order chi connectivity index (χ0) is 16.2. The number of pyridine rings is 1. The molecule has 0 unspecified atom stereocenters. The van der Waals surface area contributed by atoms with Gasteiger partial charge in [-0.25, -0.2) is 0 Å². The summed E-state index contributed by atoms with van der Waals surface area (Å²) in [5.74, 6) is -0.199. The topological polar surface area (TPSA) is 70.5 Å². The molecule has 3 rings (SSSR count). The van der Waals surface area contributed by atoms with E-state index < -0.39 is 0 Å². The lowest BCUT2D eigenvalue weighted by Gasteiger charge is -2.14. The van der Waals surface area contributed by atoms with Crippen LogP contribution in [0.3, 0.4) is 0 Å². The third-order valence-electron chi connectivity index (χ3n) is 3.32. The molecule has 0 saturated heterocycles. The van der Waals surface area contributed by atoms with E-state index in [0.29, 0.717) is 16.2 Å². The van der Waals surface area contributed by atoms with E-state index >= 15 is 0 Å². The van der Waals surface area contributed by atoms with Crippen LogP contribution < -0.4 is 0 Å². The molecule has 5 nitrogen and oxygen atoms in total. The number of hydrogen-bond donors (Lipinski definition) is 1. The number of thiophene rings is 1. The standard InChI is InChI=1S/C16H14N2O3S2/c19-7-9-23-14-13(12-2-1-8-22-12)15(20)18(16(14)21)10-11-3-5-17-6-4-11/h1-6,8,19H,7,9-10H2. The molecule has 0 aliphatic carbocycles. The smallest absolute Gasteiger partial charge is 0.268 e. The van der Waals surface area contributed by atoms with Crippen LogP contribution in [0.25, 0.3) is 5.57 Å². The summed E-state index contributed by atoms with van der Waals surface area (Å²) in [5, 5.41) is 10.9. The number of hydrogen-bond acceptors (Lipinski definition) is 6. The number of thioether (sulfide) groups is 1. The van der Waals surface area contributed by atoms with Crippen LogP contribution in [0, 0.1) is 0 Å². The number of imide groups is 1. The van der Waals surface area contributed by atoms with Crippen LogP contribution in [0.15, 0.2) is 46.9 Å². The zero-order valence-electron chi connectivity index (χ0n) is 12.1. The van der Waals surface area contributed by atoms with Gasteiger partial charge in [-0.05, 0) is 29.1 Å². The average Bonchev–Trinajstić information content (AvgIpc) is 3.16. The van der Waals surface area contributed by atoms with E-state index in [4.69, 9.17) is 5.11 Å². The Bertz CT molecular complexity index is 742. The highest BCUT2D eigenvalue weighted by Gasteiger charge is 2.39. The normalized spacial score (nSPS) is 14.9. The van der Waals surface area contributed by atoms with Crippen molar-refractivity contribution in [3.8, 4) is 0 Å². The number of aliphatic hydroxyl groups is 1. The van der Waals surface area contributed by atoms with Crippen molar-refractivity contribution in [3.63, 3.8) is 0 Å². The van der Waals surface area contributed by atoms with Gasteiger partial charge in [-0.3, -0.25) is 19.5 Å². The molecule has 0 bridgehead atoms. The summed E-state index contributed by atoms with van der Waals surface area (Å²) < 4.78 is 0. The van der Waals surface area contributed by atoms with Gasteiger partial charge in [0.25, 0.3) is 11.8 Å². The number of amides is 2. The van der Waals surface area contributed by atoms with E-state index in [-0.39, 0.29) is 25.0 Å². The zero-order valence-corrected chi connectivity index (χ0v) is 13.8. The molecular weight excluding hydrogens is 332 g/mol. The highest BCUT2D eigenvalue weighted by Crippen LogP contribution is 2.38. The van der Waals surface area contributed by atoms with Gasteiger partial charge in [-0.2, -0.15) is 0 Å². The molecule has 2 aromatic rings. The van der Waals surface area contributed by atoms with E-state index in [1.54, 1.807) is 24.5 Å². The second-order valence-corrected chi connectivity index (χ2v) is 6.86. The molecule has 1 aliphatic heterocycles. The molecule has 7 heteroatoms. The minimum atomic E-state index is -0.298. The molecule has 2 aromatic heterocycles. The average molecular weight is 346 g/mol. The minimum Gasteiger partial charge on any atom is -0.396 e. The van der Waals surface area contributed by atoms with Gasteiger partial charge < -0.3 is 5.11 Å². The van der Waals surface area contributed by atoms with Crippen molar-refractivity contribution < 1.29 is 14.7 Å². The van der Waals surface area contributed by atoms with Gasteiger partial charge in [0.2, 0.25) is 0 Å². The maximum Gasteiger partial charge on any atom is 0.268 e. The fraction of sp³-hybridized carbons (Fsp3) is 0.188. The Hall–Kier alpha value is -1.96. The van der Waals surface area contributed by atoms with Crippen LogP contribution >= 0.6 is 23.1 Å². The molecular formula is C16H14N2O3S2. The third kappa shape index (κ3) is 3.21. The molecule has 2 amide bonds. The van der Waals surface area contributed by atoms with Crippen LogP contribution in [0.5, 0.6) is 0 Å². The Labute approximate surface area is 141 Å². The van der Waals surface area contributed by atoms with Crippen molar-refractivity contribution >= 4 is 40.5 Å². The number of aromatic nitrogens is 1. The summed E-state index contributed by atoms with van der Waals surface area (Å²) in [6.07, 6.45) is 3.27. The van der Waals surface area contributed by atoms with Crippen LogP contribution in [0.1, 0.15) is 10.4 Å². The van der Waals surface area contributed by atoms with Gasteiger partial charge >= 0.3 is 0 Å². The maximum atomic E-state index is 12.8. The van der Waals surface area contributed by atoms with E-state index in [2.05, 4.69) is 4.98 Å². The quantitative estimate of drug-likeness (QED) is 0.812. The molecule has 0 atom stereocenters. The summed E-state index contributed by atoms with van der Waals surface area (Å²) in [7, 11) is 0. The molecule has 0 spiro atoms. The lowest BCUT2D eigenvalue weighted by molar-refractivity contribution is -0.137. The number of carbonyl (C=O) groups excluding carboxylic acids is 2. The van der Waals surface area contributed by atoms with E-state index in [9.17, 15) is 9.59 Å². The predicted molar refractivity (Wildman–Crippen MR) is 90.6 cm³/mol. The van der Waals surface area contributed by atoms with Crippen LogP contribution in [0.2, 0.25) is 0 Å². The second-order valence-electron chi connectivity index (χ2n) is 4.81. The van der Waals surface area contributed by atoms with E-state index in [1.807, 2.05) is 17.5 Å². The van der Waals surface area contributed by atoms with Crippen LogP contribution in [-0.4, -0.2) is 39.2 Å². The first kappa shape index (κ1) is 15.9. The van der Waals surface area contributed by atoms with Crippen molar-refractivity contribution in [3.05, 3.63) is 57.4 Å². The van der Waals surface area contributed by atoms with Crippen LogP contribution in [0.4, 0.5) is 0 Å². The van der Waals surface area contributed by atoms with Crippen molar-refractivity contribution in [2.24, 2.45) is 0 Å². The lowest BCUT2D eigenvalue weighted by Crippen LogP contribution is -2.30. The predicted octanol–water partition coefficient (Wildman–Crippen LogP) is 2.15. The summed E-state index contributed by atoms with van der Waals surface area (Å²) in [6, 6.07) is 7.25. The Kier molecular flexibility index (Phi) is 4.90. The molecule has 1 N–H and O–H groups in total. The number of nitrogens with zero attached hydrogens (tertiary/aromatic N) is 2. The first-order valence-electron chi connectivity index (χ1n) is 6.99. The van der Waals surface area contributed by atoms with E-state index in [1.165, 1.54) is 28.0 Å². The summed E-state index contributed by atoms with van der Waals surface area (Å²) in [5.41, 5.74) is 1.29. The SMILES string of the molecule is O=C1C(SCCO)=C(c2cccs2)C(=O)N1Cc1ccncc1. The number of carbonyl (C=O) groups is 2. The van der Waals surface area contributed by atoms with Crippen LogP contribution in [-0.2, 0) is 16.1 Å². The Balaban J connectivity index is 1.92. The van der Waals surface area contributed by atoms with Gasteiger partial charge in [0.1, 0.15) is 0 Å². The number of aliphatic hydroxyl groups excluding tert-OH is 1. The highest BCUT2D eigenvalue weighted by atomic mass is 32.2. The Morgan fingerprint density at radius 3 is 2.61 bits per heavy atom. The van der Waals surface area contributed by atoms with Crippen molar-refractivity contribution in [2.45, 2.75) is 6.54 Å². The highest BCUT2D eigenvalue weighted by molar-refractivity contribution is 8.04. The fourth-order valence-corrected chi connectivity index (χ4v) is 3.99. The molecule has 3 heterocycles. The molecule has 23 heavy (non-hydrogen) atoms. The first-order valence-corrected chi connectivity index (χ1v) is 8.86. The van der Waals surface area contributed by atoms with Gasteiger partial charge in [-0.15, -0.1) is 23.1 Å². The summed E-state index contributed by atoms with van der Waals surface area (Å²) in [4.78, 5) is 31.8. The second kappa shape index (κ2) is 7.08. The van der Waals surface area contributed by atoms with Crippen molar-refractivity contribution in [1.29, 1.82) is 0 Å². The maximum absolute atomic E-state index is 12.8.